The number of hydrogen-bond acceptors (Lipinski definition) is 3. The third kappa shape index (κ3) is 2.79. The highest BCUT2D eigenvalue weighted by atomic mass is 16.3. The van der Waals surface area contributed by atoms with Crippen LogP contribution in [-0.4, -0.2) is 21.6 Å². The number of aromatic nitrogens is 1. The normalized spacial score (nSPS) is 18.3. The van der Waals surface area contributed by atoms with E-state index in [-0.39, 0.29) is 12.3 Å². The van der Waals surface area contributed by atoms with E-state index in [1.54, 1.807) is 24.5 Å². The van der Waals surface area contributed by atoms with Crippen molar-refractivity contribution in [3.63, 3.8) is 0 Å². The molecule has 4 nitrogen and oxygen atoms in total. The Bertz CT molecular complexity index is 359. The van der Waals surface area contributed by atoms with Gasteiger partial charge in [-0.2, -0.15) is 0 Å². The smallest absolute Gasteiger partial charge is 0.227 e. The van der Waals surface area contributed by atoms with E-state index in [0.29, 0.717) is 5.69 Å². The third-order valence-corrected chi connectivity index (χ3v) is 2.97. The number of aliphatic hydroxyl groups is 1. The highest BCUT2D eigenvalue weighted by Crippen LogP contribution is 2.32. The lowest BCUT2D eigenvalue weighted by Crippen LogP contribution is -2.30. The summed E-state index contributed by atoms with van der Waals surface area (Å²) < 4.78 is 0. The number of nitrogens with zero attached hydrogens (tertiary/aromatic N) is 1. The van der Waals surface area contributed by atoms with Crippen molar-refractivity contribution in [1.82, 2.24) is 4.98 Å². The molecule has 1 heterocycles. The van der Waals surface area contributed by atoms with Crippen molar-refractivity contribution < 1.29 is 9.90 Å². The van der Waals surface area contributed by atoms with Crippen molar-refractivity contribution in [2.45, 2.75) is 37.7 Å². The summed E-state index contributed by atoms with van der Waals surface area (Å²) in [5.74, 6) is -0.141. The highest BCUT2D eigenvalue weighted by molar-refractivity contribution is 5.91. The first-order valence-electron chi connectivity index (χ1n) is 5.60. The lowest BCUT2D eigenvalue weighted by Gasteiger charge is -2.20. The maximum atomic E-state index is 11.7. The number of carbonyl (C=O) groups is 1. The number of nitrogens with one attached hydrogen (secondary N) is 1. The monoisotopic (exact) mass is 220 g/mol. The maximum absolute atomic E-state index is 11.7. The molecule has 1 aromatic rings. The summed E-state index contributed by atoms with van der Waals surface area (Å²) in [6, 6.07) is 3.55. The fourth-order valence-corrected chi connectivity index (χ4v) is 2.15. The van der Waals surface area contributed by atoms with Gasteiger partial charge in [0.05, 0.1) is 23.9 Å². The van der Waals surface area contributed by atoms with Crippen LogP contribution in [0.2, 0.25) is 0 Å². The molecular formula is C12H16N2O2. The number of pyridine rings is 1. The van der Waals surface area contributed by atoms with Gasteiger partial charge >= 0.3 is 0 Å². The van der Waals surface area contributed by atoms with Crippen LogP contribution < -0.4 is 5.32 Å². The van der Waals surface area contributed by atoms with Gasteiger partial charge in [0.15, 0.2) is 0 Å². The summed E-state index contributed by atoms with van der Waals surface area (Å²) in [6.45, 7) is 0. The molecule has 0 unspecified atom stereocenters. The van der Waals surface area contributed by atoms with Crippen LogP contribution in [0.15, 0.2) is 24.5 Å². The molecule has 0 spiro atoms. The van der Waals surface area contributed by atoms with E-state index in [0.717, 1.165) is 25.7 Å². The predicted molar refractivity (Wildman–Crippen MR) is 60.9 cm³/mol. The summed E-state index contributed by atoms with van der Waals surface area (Å²) in [5.41, 5.74) is -0.110. The number of carbonyl (C=O) groups excluding carboxylic acids is 1. The Balaban J connectivity index is 1.89. The van der Waals surface area contributed by atoms with Gasteiger partial charge in [-0.15, -0.1) is 0 Å². The molecule has 1 saturated carbocycles. The number of amides is 1. The van der Waals surface area contributed by atoms with Gasteiger partial charge in [0.25, 0.3) is 0 Å². The Labute approximate surface area is 94.7 Å². The lowest BCUT2D eigenvalue weighted by atomic mass is 9.98. The number of anilines is 1. The van der Waals surface area contributed by atoms with Crippen molar-refractivity contribution in [3.05, 3.63) is 24.5 Å². The minimum absolute atomic E-state index is 0.141. The Morgan fingerprint density at radius 1 is 1.50 bits per heavy atom. The number of hydrogen-bond donors (Lipinski definition) is 2. The van der Waals surface area contributed by atoms with Crippen molar-refractivity contribution in [3.8, 4) is 0 Å². The second-order valence-corrected chi connectivity index (χ2v) is 4.40. The average Bonchev–Trinajstić information content (AvgIpc) is 2.66. The van der Waals surface area contributed by atoms with Crippen LogP contribution in [0.5, 0.6) is 0 Å². The van der Waals surface area contributed by atoms with Crippen LogP contribution in [0.3, 0.4) is 0 Å². The molecule has 2 rings (SSSR count). The van der Waals surface area contributed by atoms with Crippen LogP contribution in [-0.2, 0) is 4.79 Å². The first kappa shape index (κ1) is 11.1. The zero-order chi connectivity index (χ0) is 11.4. The maximum Gasteiger partial charge on any atom is 0.227 e. The SMILES string of the molecule is O=C(CC1(O)CCCC1)Nc1cccnc1. The van der Waals surface area contributed by atoms with Gasteiger partial charge in [0.2, 0.25) is 5.91 Å². The van der Waals surface area contributed by atoms with E-state index < -0.39 is 5.60 Å². The second kappa shape index (κ2) is 4.61. The van der Waals surface area contributed by atoms with Crippen molar-refractivity contribution in [2.75, 3.05) is 5.32 Å². The fourth-order valence-electron chi connectivity index (χ4n) is 2.15. The van der Waals surface area contributed by atoms with E-state index >= 15 is 0 Å². The van der Waals surface area contributed by atoms with Crippen LogP contribution >= 0.6 is 0 Å². The molecule has 1 aromatic heterocycles. The molecule has 1 amide bonds. The Morgan fingerprint density at radius 3 is 2.88 bits per heavy atom. The van der Waals surface area contributed by atoms with E-state index in [1.807, 2.05) is 0 Å². The Kier molecular flexibility index (Phi) is 3.19. The minimum atomic E-state index is -0.785. The molecule has 86 valence electrons. The molecule has 0 bridgehead atoms. The van der Waals surface area contributed by atoms with E-state index in [9.17, 15) is 9.90 Å². The summed E-state index contributed by atoms with van der Waals surface area (Å²) in [4.78, 5) is 15.6. The second-order valence-electron chi connectivity index (χ2n) is 4.40. The van der Waals surface area contributed by atoms with Crippen molar-refractivity contribution in [2.24, 2.45) is 0 Å². The molecule has 0 atom stereocenters. The van der Waals surface area contributed by atoms with Crippen molar-refractivity contribution in [1.29, 1.82) is 0 Å². The third-order valence-electron chi connectivity index (χ3n) is 2.97. The topological polar surface area (TPSA) is 62.2 Å². The average molecular weight is 220 g/mol. The fraction of sp³-hybridized carbons (Fsp3) is 0.500. The van der Waals surface area contributed by atoms with Crippen LogP contribution in [0.1, 0.15) is 32.1 Å². The first-order chi connectivity index (χ1) is 7.68. The van der Waals surface area contributed by atoms with E-state index in [2.05, 4.69) is 10.3 Å². The molecule has 0 aliphatic heterocycles. The van der Waals surface area contributed by atoms with Crippen LogP contribution in [0.25, 0.3) is 0 Å². The molecule has 0 saturated heterocycles. The summed E-state index contributed by atoms with van der Waals surface area (Å²) >= 11 is 0. The molecular weight excluding hydrogens is 204 g/mol. The van der Waals surface area contributed by atoms with Gasteiger partial charge in [-0.3, -0.25) is 9.78 Å². The summed E-state index contributed by atoms with van der Waals surface area (Å²) in [5, 5.41) is 12.8. The minimum Gasteiger partial charge on any atom is -0.389 e. The molecule has 2 N–H and O–H groups in total. The Hall–Kier alpha value is -1.42. The molecule has 4 heteroatoms. The largest absolute Gasteiger partial charge is 0.389 e. The molecule has 1 aliphatic carbocycles. The van der Waals surface area contributed by atoms with Crippen LogP contribution in [0.4, 0.5) is 5.69 Å². The zero-order valence-corrected chi connectivity index (χ0v) is 9.15. The van der Waals surface area contributed by atoms with Crippen molar-refractivity contribution >= 4 is 11.6 Å². The van der Waals surface area contributed by atoms with Crippen LogP contribution in [0, 0.1) is 0 Å². The molecule has 0 radical (unpaired) electrons. The summed E-state index contributed by atoms with van der Waals surface area (Å²) in [7, 11) is 0. The standard InChI is InChI=1S/C12H16N2O2/c15-11(8-12(16)5-1-2-6-12)14-10-4-3-7-13-9-10/h3-4,7,9,16H,1-2,5-6,8H2,(H,14,15). The van der Waals surface area contributed by atoms with E-state index in [4.69, 9.17) is 0 Å². The predicted octanol–water partition coefficient (Wildman–Crippen LogP) is 1.72. The van der Waals surface area contributed by atoms with Gasteiger partial charge in [-0.05, 0) is 25.0 Å². The zero-order valence-electron chi connectivity index (χ0n) is 9.15. The quantitative estimate of drug-likeness (QED) is 0.815. The van der Waals surface area contributed by atoms with Gasteiger partial charge in [0.1, 0.15) is 0 Å². The first-order valence-corrected chi connectivity index (χ1v) is 5.60. The highest BCUT2D eigenvalue weighted by Gasteiger charge is 2.33. The van der Waals surface area contributed by atoms with Gasteiger partial charge < -0.3 is 10.4 Å². The molecule has 1 aliphatic rings. The number of rotatable bonds is 3. The van der Waals surface area contributed by atoms with Gasteiger partial charge in [-0.25, -0.2) is 0 Å². The van der Waals surface area contributed by atoms with Gasteiger partial charge in [-0.1, -0.05) is 12.8 Å². The molecule has 0 aromatic carbocycles. The van der Waals surface area contributed by atoms with E-state index in [1.165, 1.54) is 0 Å². The molecule has 16 heavy (non-hydrogen) atoms. The summed E-state index contributed by atoms with van der Waals surface area (Å²) in [6.07, 6.45) is 6.91. The molecule has 1 fully saturated rings. The lowest BCUT2D eigenvalue weighted by molar-refractivity contribution is -0.120. The Morgan fingerprint density at radius 2 is 2.25 bits per heavy atom. The van der Waals surface area contributed by atoms with Gasteiger partial charge in [0, 0.05) is 6.20 Å².